The van der Waals surface area contributed by atoms with Crippen LogP contribution in [-0.4, -0.2) is 71.8 Å². The van der Waals surface area contributed by atoms with E-state index in [0.29, 0.717) is 40.1 Å². The van der Waals surface area contributed by atoms with E-state index in [0.717, 1.165) is 5.56 Å². The molecule has 0 saturated heterocycles. The smallest absolute Gasteiger partial charge is 0.243 e. The second-order valence-corrected chi connectivity index (χ2v) is 10.5. The number of pyridine rings is 1. The summed E-state index contributed by atoms with van der Waals surface area (Å²) in [4.78, 5) is 12.6. The SMILES string of the molecule is COc1cnc(C(OC)C(C)S(=O)(=O)Nc2nnc(-c3cncc(C)c3)n2-c2c(OC)cccc2OC)cn1. The van der Waals surface area contributed by atoms with Crippen molar-refractivity contribution in [3.05, 3.63) is 60.3 Å². The number of para-hydroxylation sites is 1. The topological polar surface area (TPSA) is 152 Å². The number of nitrogens with zero attached hydrogens (tertiary/aromatic N) is 6. The van der Waals surface area contributed by atoms with Crippen molar-refractivity contribution in [3.8, 4) is 34.5 Å². The van der Waals surface area contributed by atoms with E-state index in [9.17, 15) is 8.42 Å². The molecule has 0 aliphatic rings. The van der Waals surface area contributed by atoms with Gasteiger partial charge in [-0.15, -0.1) is 10.2 Å². The maximum atomic E-state index is 13.7. The van der Waals surface area contributed by atoms with Crippen molar-refractivity contribution in [1.82, 2.24) is 29.7 Å². The van der Waals surface area contributed by atoms with Gasteiger partial charge >= 0.3 is 0 Å². The molecular formula is C25H29N7O6S. The molecule has 2 atom stereocenters. The summed E-state index contributed by atoms with van der Waals surface area (Å²) in [5.74, 6) is 1.35. The van der Waals surface area contributed by atoms with Gasteiger partial charge in [0.05, 0.1) is 39.4 Å². The van der Waals surface area contributed by atoms with E-state index in [1.807, 2.05) is 13.0 Å². The molecule has 13 nitrogen and oxygen atoms in total. The van der Waals surface area contributed by atoms with Crippen LogP contribution in [0.3, 0.4) is 0 Å². The quantitative estimate of drug-likeness (QED) is 0.291. The first kappa shape index (κ1) is 27.7. The van der Waals surface area contributed by atoms with Crippen molar-refractivity contribution in [2.75, 3.05) is 33.2 Å². The standard InChI is InChI=1S/C25H29N7O6S/c1-15-10-17(12-26-11-15)24-29-30-25(32(24)22-19(35-3)8-7-9-20(22)36-4)31-39(33,34)16(2)23(38-6)18-13-28-21(37-5)14-27-18/h7-14,16,23H,1-6H3,(H,30,31). The average Bonchev–Trinajstić information content (AvgIpc) is 3.35. The highest BCUT2D eigenvalue weighted by Crippen LogP contribution is 2.38. The molecule has 0 aliphatic carbocycles. The lowest BCUT2D eigenvalue weighted by Crippen LogP contribution is -2.33. The van der Waals surface area contributed by atoms with Crippen molar-refractivity contribution >= 4 is 16.0 Å². The number of nitrogens with one attached hydrogen (secondary N) is 1. The average molecular weight is 556 g/mol. The molecule has 0 radical (unpaired) electrons. The van der Waals surface area contributed by atoms with Gasteiger partial charge < -0.3 is 18.9 Å². The molecule has 3 heterocycles. The highest BCUT2D eigenvalue weighted by Gasteiger charge is 2.34. The Labute approximate surface area is 226 Å². The van der Waals surface area contributed by atoms with Crippen molar-refractivity contribution in [2.24, 2.45) is 0 Å². The van der Waals surface area contributed by atoms with Crippen molar-refractivity contribution in [3.63, 3.8) is 0 Å². The maximum Gasteiger partial charge on any atom is 0.243 e. The Hall–Kier alpha value is -4.30. The minimum Gasteiger partial charge on any atom is -0.494 e. The number of sulfonamides is 1. The van der Waals surface area contributed by atoms with Crippen LogP contribution in [0.15, 0.2) is 49.1 Å². The molecule has 39 heavy (non-hydrogen) atoms. The van der Waals surface area contributed by atoms with Crippen molar-refractivity contribution in [1.29, 1.82) is 0 Å². The lowest BCUT2D eigenvalue weighted by molar-refractivity contribution is 0.0984. The third-order valence-corrected chi connectivity index (χ3v) is 7.67. The van der Waals surface area contributed by atoms with Crippen LogP contribution in [0.1, 0.15) is 24.3 Å². The zero-order chi connectivity index (χ0) is 28.2. The fourth-order valence-corrected chi connectivity index (χ4v) is 5.14. The fourth-order valence-electron chi connectivity index (χ4n) is 3.99. The molecule has 0 saturated carbocycles. The van der Waals surface area contributed by atoms with Crippen LogP contribution in [0.4, 0.5) is 5.95 Å². The van der Waals surface area contributed by atoms with E-state index in [2.05, 4.69) is 29.9 Å². The Kier molecular flexibility index (Phi) is 8.26. The van der Waals surface area contributed by atoms with Gasteiger partial charge in [0.2, 0.25) is 21.9 Å². The number of hydrogen-bond acceptors (Lipinski definition) is 11. The number of hydrogen-bond donors (Lipinski definition) is 1. The predicted octanol–water partition coefficient (Wildman–Crippen LogP) is 2.97. The van der Waals surface area contributed by atoms with Crippen molar-refractivity contribution in [2.45, 2.75) is 25.2 Å². The van der Waals surface area contributed by atoms with E-state index >= 15 is 0 Å². The van der Waals surface area contributed by atoms with Crippen LogP contribution < -0.4 is 18.9 Å². The molecule has 3 aromatic heterocycles. The summed E-state index contributed by atoms with van der Waals surface area (Å²) < 4.78 is 53.2. The van der Waals surface area contributed by atoms with Crippen LogP contribution in [0.5, 0.6) is 17.4 Å². The van der Waals surface area contributed by atoms with Gasteiger partial charge in [-0.1, -0.05) is 6.07 Å². The molecule has 0 aliphatic heterocycles. The second kappa shape index (κ2) is 11.6. The largest absolute Gasteiger partial charge is 0.494 e. The van der Waals surface area contributed by atoms with Crippen LogP contribution in [0, 0.1) is 6.92 Å². The number of aryl methyl sites for hydroxylation is 1. The van der Waals surface area contributed by atoms with Crippen LogP contribution in [0.25, 0.3) is 17.1 Å². The summed E-state index contributed by atoms with van der Waals surface area (Å²) in [6.07, 6.45) is 5.16. The molecule has 0 bridgehead atoms. The molecule has 4 rings (SSSR count). The summed E-state index contributed by atoms with van der Waals surface area (Å²) in [5.41, 5.74) is 2.21. The maximum absolute atomic E-state index is 13.7. The summed E-state index contributed by atoms with van der Waals surface area (Å²) in [7, 11) is 1.73. The molecule has 14 heteroatoms. The summed E-state index contributed by atoms with van der Waals surface area (Å²) in [6.45, 7) is 3.39. The predicted molar refractivity (Wildman–Crippen MR) is 143 cm³/mol. The molecule has 206 valence electrons. The number of ether oxygens (including phenoxy) is 4. The third-order valence-electron chi connectivity index (χ3n) is 5.97. The minimum atomic E-state index is -4.13. The minimum absolute atomic E-state index is 0.0863. The van der Waals surface area contributed by atoms with E-state index < -0.39 is 21.4 Å². The highest BCUT2D eigenvalue weighted by molar-refractivity contribution is 7.93. The summed E-state index contributed by atoms with van der Waals surface area (Å²) in [5, 5.41) is 7.39. The Morgan fingerprint density at radius 1 is 0.923 bits per heavy atom. The number of aromatic nitrogens is 6. The fraction of sp³-hybridized carbons (Fsp3) is 0.320. The monoisotopic (exact) mass is 555 g/mol. The Bertz CT molecular complexity index is 1520. The molecule has 0 fully saturated rings. The highest BCUT2D eigenvalue weighted by atomic mass is 32.2. The zero-order valence-electron chi connectivity index (χ0n) is 22.3. The van der Waals surface area contributed by atoms with Crippen LogP contribution in [-0.2, 0) is 14.8 Å². The Morgan fingerprint density at radius 2 is 1.64 bits per heavy atom. The van der Waals surface area contributed by atoms with Crippen LogP contribution >= 0.6 is 0 Å². The van der Waals surface area contributed by atoms with Gasteiger partial charge in [0.1, 0.15) is 28.5 Å². The number of anilines is 1. The normalized spacial score (nSPS) is 13.0. The van der Waals surface area contributed by atoms with Gasteiger partial charge in [0.15, 0.2) is 5.82 Å². The van der Waals surface area contributed by atoms with Gasteiger partial charge in [0, 0.05) is 25.1 Å². The molecule has 2 unspecified atom stereocenters. The molecule has 1 aromatic carbocycles. The first-order valence-corrected chi connectivity index (χ1v) is 13.3. The molecular weight excluding hydrogens is 526 g/mol. The molecule has 0 spiro atoms. The zero-order valence-corrected chi connectivity index (χ0v) is 23.1. The van der Waals surface area contributed by atoms with Gasteiger partial charge in [-0.25, -0.2) is 13.4 Å². The third kappa shape index (κ3) is 5.61. The first-order valence-electron chi connectivity index (χ1n) is 11.7. The number of benzene rings is 1. The molecule has 1 N–H and O–H groups in total. The van der Waals surface area contributed by atoms with E-state index in [1.54, 1.807) is 30.6 Å². The second-order valence-electron chi connectivity index (χ2n) is 8.44. The van der Waals surface area contributed by atoms with E-state index in [4.69, 9.17) is 18.9 Å². The molecule has 0 amide bonds. The Balaban J connectivity index is 1.82. The van der Waals surface area contributed by atoms with Crippen LogP contribution in [0.2, 0.25) is 0 Å². The number of methoxy groups -OCH3 is 4. The number of rotatable bonds is 11. The first-order chi connectivity index (χ1) is 18.7. The van der Waals surface area contributed by atoms with Gasteiger partial charge in [-0.3, -0.25) is 19.3 Å². The molecule has 4 aromatic rings. The van der Waals surface area contributed by atoms with Gasteiger partial charge in [-0.05, 0) is 37.6 Å². The lowest BCUT2D eigenvalue weighted by Gasteiger charge is -2.23. The van der Waals surface area contributed by atoms with Gasteiger partial charge in [0.25, 0.3) is 0 Å². The Morgan fingerprint density at radius 3 is 2.21 bits per heavy atom. The lowest BCUT2D eigenvalue weighted by atomic mass is 10.2. The van der Waals surface area contributed by atoms with E-state index in [1.165, 1.54) is 52.3 Å². The summed E-state index contributed by atoms with van der Waals surface area (Å²) >= 11 is 0. The summed E-state index contributed by atoms with van der Waals surface area (Å²) in [6, 6.07) is 7.06. The van der Waals surface area contributed by atoms with E-state index in [-0.39, 0.29) is 5.95 Å². The van der Waals surface area contributed by atoms with Gasteiger partial charge in [-0.2, -0.15) is 0 Å². The van der Waals surface area contributed by atoms with Crippen molar-refractivity contribution < 1.29 is 27.4 Å².